The first-order chi connectivity index (χ1) is 14.0. The molecule has 0 aliphatic carbocycles. The van der Waals surface area contributed by atoms with Gasteiger partial charge in [0.2, 0.25) is 4.80 Å². The average molecular weight is 412 g/mol. The summed E-state index contributed by atoms with van der Waals surface area (Å²) < 4.78 is 27.4. The molecule has 2 heterocycles. The van der Waals surface area contributed by atoms with Crippen molar-refractivity contribution in [3.63, 3.8) is 0 Å². The lowest BCUT2D eigenvalue weighted by Gasteiger charge is -2.18. The largest absolute Gasteiger partial charge is 0.486 e. The van der Waals surface area contributed by atoms with E-state index in [-0.39, 0.29) is 11.9 Å². The Morgan fingerprint density at radius 3 is 2.62 bits per heavy atom. The van der Waals surface area contributed by atoms with E-state index in [1.165, 1.54) is 17.4 Å². The van der Waals surface area contributed by atoms with E-state index in [2.05, 4.69) is 4.99 Å². The minimum atomic E-state index is -0.290. The molecule has 0 N–H and O–H groups in total. The summed E-state index contributed by atoms with van der Waals surface area (Å²) >= 11 is 1.45. The molecule has 0 bridgehead atoms. The quantitative estimate of drug-likeness (QED) is 0.584. The van der Waals surface area contributed by atoms with Crippen LogP contribution in [0.5, 0.6) is 11.5 Å². The molecule has 0 amide bonds. The Balaban J connectivity index is 1.83. The third kappa shape index (κ3) is 4.10. The minimum absolute atomic E-state index is 0.0955. The molecule has 0 unspecified atom stereocenters. The van der Waals surface area contributed by atoms with Crippen molar-refractivity contribution in [2.45, 2.75) is 26.8 Å². The maximum absolute atomic E-state index is 14.5. The first-order valence-electron chi connectivity index (χ1n) is 9.48. The van der Waals surface area contributed by atoms with Crippen LogP contribution in [0.25, 0.3) is 11.3 Å². The monoisotopic (exact) mass is 411 g/mol. The van der Waals surface area contributed by atoms with E-state index in [1.54, 1.807) is 16.8 Å². The predicted octanol–water partition coefficient (Wildman–Crippen LogP) is 4.71. The van der Waals surface area contributed by atoms with Crippen molar-refractivity contribution < 1.29 is 13.9 Å². The molecule has 0 saturated heterocycles. The summed E-state index contributed by atoms with van der Waals surface area (Å²) in [5, 5.41) is 6.68. The summed E-state index contributed by atoms with van der Waals surface area (Å²) in [6, 6.07) is 12.5. The standard InChI is InChI=1S/C22H22FN3O2S/c1-14(2)24-22-26(19(13-29-22)17-6-4-5-7-18(17)23)25-15(3)16-8-9-20-21(12-16)28-11-10-27-20/h4-9,12-14H,10-11H2,1-3H3. The SMILES string of the molecule is CC(=Nn1c(-c2ccccc2F)csc1=NC(C)C)c1ccc2c(c1)OCCO2. The Bertz CT molecular complexity index is 1130. The number of hydrogen-bond donors (Lipinski definition) is 0. The Hall–Kier alpha value is -2.93. The minimum Gasteiger partial charge on any atom is -0.486 e. The summed E-state index contributed by atoms with van der Waals surface area (Å²) in [6.45, 7) is 7.01. The van der Waals surface area contributed by atoms with Crippen LogP contribution in [-0.4, -0.2) is 29.6 Å². The van der Waals surface area contributed by atoms with E-state index in [0.29, 0.717) is 30.2 Å². The van der Waals surface area contributed by atoms with Gasteiger partial charge in [0.1, 0.15) is 19.0 Å². The zero-order valence-electron chi connectivity index (χ0n) is 16.6. The second-order valence-corrected chi connectivity index (χ2v) is 7.80. The topological polar surface area (TPSA) is 48.1 Å². The first kappa shape index (κ1) is 19.4. The van der Waals surface area contributed by atoms with Gasteiger partial charge in [-0.05, 0) is 51.1 Å². The Morgan fingerprint density at radius 1 is 1.10 bits per heavy atom. The van der Waals surface area contributed by atoms with Crippen LogP contribution in [0.15, 0.2) is 57.9 Å². The molecule has 0 fully saturated rings. The molecule has 1 aromatic heterocycles. The van der Waals surface area contributed by atoms with E-state index in [1.807, 2.05) is 50.4 Å². The molecule has 150 valence electrons. The van der Waals surface area contributed by atoms with Crippen LogP contribution in [0.2, 0.25) is 0 Å². The van der Waals surface area contributed by atoms with Crippen molar-refractivity contribution >= 4 is 17.0 Å². The van der Waals surface area contributed by atoms with E-state index in [4.69, 9.17) is 14.6 Å². The number of rotatable bonds is 4. The third-order valence-electron chi connectivity index (χ3n) is 4.41. The van der Waals surface area contributed by atoms with Gasteiger partial charge in [-0.1, -0.05) is 12.1 Å². The van der Waals surface area contributed by atoms with Crippen LogP contribution in [0.3, 0.4) is 0 Å². The summed E-state index contributed by atoms with van der Waals surface area (Å²) in [5.41, 5.74) is 2.84. The summed E-state index contributed by atoms with van der Waals surface area (Å²) in [7, 11) is 0. The van der Waals surface area contributed by atoms with Crippen LogP contribution in [0.4, 0.5) is 4.39 Å². The Morgan fingerprint density at radius 2 is 1.86 bits per heavy atom. The van der Waals surface area contributed by atoms with Gasteiger partial charge in [-0.2, -0.15) is 5.10 Å². The van der Waals surface area contributed by atoms with Crippen LogP contribution in [0.1, 0.15) is 26.3 Å². The van der Waals surface area contributed by atoms with E-state index in [9.17, 15) is 4.39 Å². The van der Waals surface area contributed by atoms with Gasteiger partial charge in [-0.15, -0.1) is 11.3 Å². The van der Waals surface area contributed by atoms with Gasteiger partial charge in [-0.25, -0.2) is 9.07 Å². The number of fused-ring (bicyclic) bond motifs is 1. The molecular weight excluding hydrogens is 389 g/mol. The van der Waals surface area contributed by atoms with Crippen molar-refractivity contribution in [1.29, 1.82) is 0 Å². The molecule has 1 aliphatic heterocycles. The first-order valence-corrected chi connectivity index (χ1v) is 10.4. The van der Waals surface area contributed by atoms with E-state index >= 15 is 0 Å². The van der Waals surface area contributed by atoms with Gasteiger partial charge in [0.05, 0.1) is 11.4 Å². The van der Waals surface area contributed by atoms with Crippen LogP contribution in [0, 0.1) is 5.82 Å². The molecule has 3 aromatic rings. The maximum Gasteiger partial charge on any atom is 0.206 e. The summed E-state index contributed by atoms with van der Waals surface area (Å²) in [4.78, 5) is 5.38. The molecule has 0 radical (unpaired) electrons. The smallest absolute Gasteiger partial charge is 0.206 e. The number of ether oxygens (including phenoxy) is 2. The number of halogens is 1. The number of benzene rings is 2. The van der Waals surface area contributed by atoms with Gasteiger partial charge in [0.25, 0.3) is 0 Å². The fraction of sp³-hybridized carbons (Fsp3) is 0.273. The number of hydrogen-bond acceptors (Lipinski definition) is 5. The molecule has 5 nitrogen and oxygen atoms in total. The van der Waals surface area contributed by atoms with Crippen molar-refractivity contribution in [2.75, 3.05) is 13.2 Å². The van der Waals surface area contributed by atoms with E-state index < -0.39 is 0 Å². The van der Waals surface area contributed by atoms with E-state index in [0.717, 1.165) is 21.8 Å². The molecule has 0 atom stereocenters. The summed E-state index contributed by atoms with van der Waals surface area (Å²) in [6.07, 6.45) is 0. The second kappa shape index (κ2) is 8.21. The lowest BCUT2D eigenvalue weighted by Crippen LogP contribution is -2.17. The number of nitrogens with zero attached hydrogens (tertiary/aromatic N) is 3. The molecular formula is C22H22FN3O2S. The highest BCUT2D eigenvalue weighted by Crippen LogP contribution is 2.31. The van der Waals surface area contributed by atoms with Gasteiger partial charge in [-0.3, -0.25) is 4.99 Å². The Kier molecular flexibility index (Phi) is 5.49. The molecule has 0 spiro atoms. The lowest BCUT2D eigenvalue weighted by molar-refractivity contribution is 0.171. The van der Waals surface area contributed by atoms with Crippen molar-refractivity contribution in [2.24, 2.45) is 10.1 Å². The van der Waals surface area contributed by atoms with Gasteiger partial charge in [0.15, 0.2) is 11.5 Å². The van der Waals surface area contributed by atoms with Crippen LogP contribution < -0.4 is 14.3 Å². The highest BCUT2D eigenvalue weighted by Gasteiger charge is 2.15. The van der Waals surface area contributed by atoms with Gasteiger partial charge in [0, 0.05) is 22.5 Å². The van der Waals surface area contributed by atoms with Gasteiger partial charge < -0.3 is 9.47 Å². The van der Waals surface area contributed by atoms with Crippen molar-refractivity contribution in [3.05, 3.63) is 64.0 Å². The molecule has 0 saturated carbocycles. The third-order valence-corrected chi connectivity index (χ3v) is 5.24. The maximum atomic E-state index is 14.5. The van der Waals surface area contributed by atoms with Crippen LogP contribution >= 0.6 is 11.3 Å². The van der Waals surface area contributed by atoms with Crippen LogP contribution in [-0.2, 0) is 0 Å². The number of aromatic nitrogens is 1. The normalized spacial score (nSPS) is 14.5. The van der Waals surface area contributed by atoms with Crippen molar-refractivity contribution in [3.8, 4) is 22.8 Å². The molecule has 4 rings (SSSR count). The molecule has 7 heteroatoms. The van der Waals surface area contributed by atoms with Gasteiger partial charge >= 0.3 is 0 Å². The zero-order chi connectivity index (χ0) is 20.4. The molecule has 1 aliphatic rings. The fourth-order valence-electron chi connectivity index (χ4n) is 3.04. The highest BCUT2D eigenvalue weighted by molar-refractivity contribution is 7.07. The molecule has 29 heavy (non-hydrogen) atoms. The number of thiazole rings is 1. The fourth-order valence-corrected chi connectivity index (χ4v) is 3.99. The lowest BCUT2D eigenvalue weighted by atomic mass is 10.1. The van der Waals surface area contributed by atoms with Crippen molar-refractivity contribution in [1.82, 2.24) is 4.68 Å². The highest BCUT2D eigenvalue weighted by atomic mass is 32.1. The second-order valence-electron chi connectivity index (χ2n) is 6.96. The molecule has 2 aromatic carbocycles. The average Bonchev–Trinajstić information content (AvgIpc) is 3.09. The predicted molar refractivity (Wildman–Crippen MR) is 113 cm³/mol. The zero-order valence-corrected chi connectivity index (χ0v) is 17.4. The summed E-state index contributed by atoms with van der Waals surface area (Å²) in [5.74, 6) is 1.15. The Labute approximate surface area is 172 Å².